The molecule has 1 aromatic carbocycles. The average Bonchev–Trinajstić information content (AvgIpc) is 2.39. The molecule has 100 valence electrons. The largest absolute Gasteiger partial charge is 0.490 e. The molecule has 1 aliphatic rings. The number of hydrogen-bond donors (Lipinski definition) is 1. The highest BCUT2D eigenvalue weighted by Gasteiger charge is 2.25. The van der Waals surface area contributed by atoms with Gasteiger partial charge in [-0.1, -0.05) is 25.5 Å². The van der Waals surface area contributed by atoms with Crippen molar-refractivity contribution in [1.29, 1.82) is 0 Å². The van der Waals surface area contributed by atoms with Gasteiger partial charge in [-0.2, -0.15) is 0 Å². The van der Waals surface area contributed by atoms with Gasteiger partial charge in [-0.05, 0) is 56.2 Å². The highest BCUT2D eigenvalue weighted by Crippen LogP contribution is 2.31. The molecule has 1 fully saturated rings. The fraction of sp³-hybridized carbons (Fsp3) is 0.625. The van der Waals surface area contributed by atoms with Crippen LogP contribution >= 0.6 is 0 Å². The van der Waals surface area contributed by atoms with Crippen LogP contribution in [0.25, 0.3) is 0 Å². The maximum atomic E-state index is 6.19. The van der Waals surface area contributed by atoms with Gasteiger partial charge in [-0.25, -0.2) is 0 Å². The van der Waals surface area contributed by atoms with Crippen LogP contribution in [0.5, 0.6) is 5.75 Å². The molecule has 3 atom stereocenters. The molecule has 1 aliphatic carbocycles. The number of ether oxygens (including phenoxy) is 1. The quantitative estimate of drug-likeness (QED) is 0.871. The lowest BCUT2D eigenvalue weighted by Crippen LogP contribution is -2.29. The van der Waals surface area contributed by atoms with E-state index in [-0.39, 0.29) is 6.04 Å². The second-order valence-corrected chi connectivity index (χ2v) is 5.47. The molecule has 2 heteroatoms. The Morgan fingerprint density at radius 1 is 1.33 bits per heavy atom. The van der Waals surface area contributed by atoms with Crippen molar-refractivity contribution in [3.8, 4) is 5.75 Å². The molecule has 1 saturated carbocycles. The van der Waals surface area contributed by atoms with Gasteiger partial charge in [0.1, 0.15) is 11.9 Å². The van der Waals surface area contributed by atoms with E-state index in [1.54, 1.807) is 0 Å². The van der Waals surface area contributed by atoms with E-state index in [2.05, 4.69) is 19.1 Å². The zero-order valence-corrected chi connectivity index (χ0v) is 11.6. The molecule has 18 heavy (non-hydrogen) atoms. The van der Waals surface area contributed by atoms with Gasteiger partial charge < -0.3 is 10.5 Å². The summed E-state index contributed by atoms with van der Waals surface area (Å²) in [6.07, 6.45) is 6.78. The van der Waals surface area contributed by atoms with E-state index >= 15 is 0 Å². The minimum Gasteiger partial charge on any atom is -0.490 e. The van der Waals surface area contributed by atoms with Crippen molar-refractivity contribution in [2.75, 3.05) is 0 Å². The van der Waals surface area contributed by atoms with E-state index in [1.165, 1.54) is 32.1 Å². The number of rotatable bonds is 4. The molecule has 0 bridgehead atoms. The summed E-state index contributed by atoms with van der Waals surface area (Å²) in [6.45, 7) is 4.28. The molecular formula is C16H25NO. The van der Waals surface area contributed by atoms with Gasteiger partial charge in [0.15, 0.2) is 0 Å². The Kier molecular flexibility index (Phi) is 4.65. The lowest BCUT2D eigenvalue weighted by Gasteiger charge is -2.31. The maximum Gasteiger partial charge on any atom is 0.120 e. The van der Waals surface area contributed by atoms with E-state index in [9.17, 15) is 0 Å². The Labute approximate surface area is 111 Å². The summed E-state index contributed by atoms with van der Waals surface area (Å²) in [6, 6.07) is 8.31. The molecule has 0 aromatic heterocycles. The fourth-order valence-electron chi connectivity index (χ4n) is 2.84. The summed E-state index contributed by atoms with van der Waals surface area (Å²) in [5.41, 5.74) is 7.06. The molecule has 0 aliphatic heterocycles. The Bertz CT molecular complexity index is 375. The summed E-state index contributed by atoms with van der Waals surface area (Å²) < 4.78 is 6.19. The van der Waals surface area contributed by atoms with E-state index in [0.29, 0.717) is 6.10 Å². The van der Waals surface area contributed by atoms with Crippen molar-refractivity contribution >= 4 is 0 Å². The summed E-state index contributed by atoms with van der Waals surface area (Å²) >= 11 is 0. The molecule has 0 spiro atoms. The Morgan fingerprint density at radius 3 is 2.83 bits per heavy atom. The Morgan fingerprint density at radius 2 is 2.11 bits per heavy atom. The lowest BCUT2D eigenvalue weighted by atomic mass is 9.85. The predicted molar refractivity (Wildman–Crippen MR) is 75.7 cm³/mol. The van der Waals surface area contributed by atoms with Crippen LogP contribution < -0.4 is 10.5 Å². The van der Waals surface area contributed by atoms with E-state index < -0.39 is 0 Å². The second-order valence-electron chi connectivity index (χ2n) is 5.47. The van der Waals surface area contributed by atoms with Crippen LogP contribution in [0.15, 0.2) is 24.3 Å². The van der Waals surface area contributed by atoms with Gasteiger partial charge in [0.25, 0.3) is 0 Å². The minimum absolute atomic E-state index is 0.0712. The van der Waals surface area contributed by atoms with Crippen molar-refractivity contribution in [2.45, 2.75) is 58.1 Å². The molecule has 1 aromatic rings. The first kappa shape index (κ1) is 13.4. The molecule has 2 N–H and O–H groups in total. The van der Waals surface area contributed by atoms with Crippen molar-refractivity contribution in [1.82, 2.24) is 0 Å². The summed E-state index contributed by atoms with van der Waals surface area (Å²) in [4.78, 5) is 0. The lowest BCUT2D eigenvalue weighted by molar-refractivity contribution is 0.0903. The molecule has 2 nitrogen and oxygen atoms in total. The summed E-state index contributed by atoms with van der Waals surface area (Å²) in [7, 11) is 0. The molecule has 0 saturated heterocycles. The third kappa shape index (κ3) is 3.26. The number of hydrogen-bond acceptors (Lipinski definition) is 2. The normalized spacial score (nSPS) is 25.7. The highest BCUT2D eigenvalue weighted by molar-refractivity contribution is 5.30. The third-order valence-electron chi connectivity index (χ3n) is 4.04. The first-order valence-electron chi connectivity index (χ1n) is 7.23. The standard InChI is InChI=1S/C16H25NO/c1-3-13-7-4-5-10-16(13)18-15-9-6-8-14(11-15)12(2)17/h6,8-9,11-13,16H,3-5,7,10,17H2,1-2H3/t12-,13?,16?/m0/s1. The van der Waals surface area contributed by atoms with Crippen molar-refractivity contribution in [2.24, 2.45) is 11.7 Å². The van der Waals surface area contributed by atoms with Crippen molar-refractivity contribution in [3.05, 3.63) is 29.8 Å². The van der Waals surface area contributed by atoms with Crippen LogP contribution in [0.2, 0.25) is 0 Å². The Hall–Kier alpha value is -1.02. The molecule has 0 amide bonds. The number of nitrogens with two attached hydrogens (primary N) is 1. The van der Waals surface area contributed by atoms with Crippen LogP contribution in [-0.4, -0.2) is 6.10 Å². The summed E-state index contributed by atoms with van der Waals surface area (Å²) in [5, 5.41) is 0. The van der Waals surface area contributed by atoms with Gasteiger partial charge in [-0.3, -0.25) is 0 Å². The van der Waals surface area contributed by atoms with Crippen molar-refractivity contribution < 1.29 is 4.74 Å². The Balaban J connectivity index is 2.05. The van der Waals surface area contributed by atoms with Crippen LogP contribution in [-0.2, 0) is 0 Å². The van der Waals surface area contributed by atoms with Crippen molar-refractivity contribution in [3.63, 3.8) is 0 Å². The molecular weight excluding hydrogens is 222 g/mol. The van der Waals surface area contributed by atoms with Gasteiger partial charge in [-0.15, -0.1) is 0 Å². The van der Waals surface area contributed by atoms with Gasteiger partial charge in [0, 0.05) is 6.04 Å². The van der Waals surface area contributed by atoms with E-state index in [1.807, 2.05) is 19.1 Å². The molecule has 0 heterocycles. The van der Waals surface area contributed by atoms with E-state index in [4.69, 9.17) is 10.5 Å². The average molecular weight is 247 g/mol. The number of benzene rings is 1. The minimum atomic E-state index is 0.0712. The first-order chi connectivity index (χ1) is 8.70. The summed E-state index contributed by atoms with van der Waals surface area (Å²) in [5.74, 6) is 1.70. The maximum absolute atomic E-state index is 6.19. The third-order valence-corrected chi connectivity index (χ3v) is 4.04. The van der Waals surface area contributed by atoms with Crippen LogP contribution in [0.1, 0.15) is 57.6 Å². The first-order valence-corrected chi connectivity index (χ1v) is 7.23. The smallest absolute Gasteiger partial charge is 0.120 e. The van der Waals surface area contributed by atoms with Crippen LogP contribution in [0.3, 0.4) is 0 Å². The SMILES string of the molecule is CCC1CCCCC1Oc1cccc([C@H](C)N)c1. The molecule has 0 radical (unpaired) electrons. The molecule has 2 unspecified atom stereocenters. The van der Waals surface area contributed by atoms with Gasteiger partial charge in [0.2, 0.25) is 0 Å². The zero-order valence-electron chi connectivity index (χ0n) is 11.6. The highest BCUT2D eigenvalue weighted by atomic mass is 16.5. The predicted octanol–water partition coefficient (Wildman–Crippen LogP) is 4.05. The fourth-order valence-corrected chi connectivity index (χ4v) is 2.84. The van der Waals surface area contributed by atoms with Gasteiger partial charge >= 0.3 is 0 Å². The monoisotopic (exact) mass is 247 g/mol. The van der Waals surface area contributed by atoms with Crippen LogP contribution in [0, 0.1) is 5.92 Å². The van der Waals surface area contributed by atoms with Crippen LogP contribution in [0.4, 0.5) is 0 Å². The van der Waals surface area contributed by atoms with E-state index in [0.717, 1.165) is 17.2 Å². The molecule has 2 rings (SSSR count). The van der Waals surface area contributed by atoms with Gasteiger partial charge in [0.05, 0.1) is 0 Å². The topological polar surface area (TPSA) is 35.2 Å². The zero-order chi connectivity index (χ0) is 13.0. The second kappa shape index (κ2) is 6.24.